The second-order valence-corrected chi connectivity index (χ2v) is 4.21. The maximum absolute atomic E-state index is 12.4. The van der Waals surface area contributed by atoms with Crippen molar-refractivity contribution in [2.24, 2.45) is 0 Å². The fraction of sp³-hybridized carbons (Fsp3) is 0.455. The van der Waals surface area contributed by atoms with Crippen LogP contribution in [0.3, 0.4) is 0 Å². The van der Waals surface area contributed by atoms with Crippen LogP contribution in [-0.2, 0) is 6.18 Å². The molecular formula is C11H13F3N2O. The quantitative estimate of drug-likeness (QED) is 0.811. The average molecular weight is 246 g/mol. The molecule has 1 saturated heterocycles. The summed E-state index contributed by atoms with van der Waals surface area (Å²) in [5, 5.41) is 0. The summed E-state index contributed by atoms with van der Waals surface area (Å²) in [5.74, 6) is 0.316. The Bertz CT molecular complexity index is 414. The summed E-state index contributed by atoms with van der Waals surface area (Å²) < 4.78 is 42.6. The summed E-state index contributed by atoms with van der Waals surface area (Å²) in [5.41, 5.74) is 4.81. The van der Waals surface area contributed by atoms with Crippen LogP contribution >= 0.6 is 0 Å². The Labute approximate surface area is 97.0 Å². The van der Waals surface area contributed by atoms with Gasteiger partial charge in [-0.3, -0.25) is 4.90 Å². The molecule has 0 aromatic heterocycles. The van der Waals surface area contributed by atoms with Crippen molar-refractivity contribution in [1.29, 1.82) is 0 Å². The summed E-state index contributed by atoms with van der Waals surface area (Å²) in [6.07, 6.45) is -4.36. The van der Waals surface area contributed by atoms with E-state index in [-0.39, 0.29) is 11.8 Å². The monoisotopic (exact) mass is 246 g/mol. The van der Waals surface area contributed by atoms with Crippen molar-refractivity contribution in [3.05, 3.63) is 23.8 Å². The first-order valence-electron chi connectivity index (χ1n) is 5.18. The SMILES string of the molecule is CN1CC(Oc2ccc(C(F)(F)F)cc2N)C1. The van der Waals surface area contributed by atoms with Crippen LogP contribution in [0.15, 0.2) is 18.2 Å². The van der Waals surface area contributed by atoms with Crippen molar-refractivity contribution in [2.45, 2.75) is 12.3 Å². The molecule has 0 amide bonds. The molecule has 0 bridgehead atoms. The lowest BCUT2D eigenvalue weighted by molar-refractivity contribution is -0.137. The zero-order chi connectivity index (χ0) is 12.6. The van der Waals surface area contributed by atoms with Gasteiger partial charge < -0.3 is 10.5 Å². The van der Waals surface area contributed by atoms with E-state index >= 15 is 0 Å². The number of alkyl halides is 3. The fourth-order valence-corrected chi connectivity index (χ4v) is 1.73. The Morgan fingerprint density at radius 3 is 2.47 bits per heavy atom. The van der Waals surface area contributed by atoms with E-state index in [0.29, 0.717) is 5.75 Å². The highest BCUT2D eigenvalue weighted by atomic mass is 19.4. The van der Waals surface area contributed by atoms with Gasteiger partial charge in [-0.1, -0.05) is 0 Å². The maximum atomic E-state index is 12.4. The third-order valence-corrected chi connectivity index (χ3v) is 2.66. The Morgan fingerprint density at radius 2 is 2.00 bits per heavy atom. The molecule has 6 heteroatoms. The van der Waals surface area contributed by atoms with E-state index in [1.807, 2.05) is 11.9 Å². The lowest BCUT2D eigenvalue weighted by atomic mass is 10.1. The van der Waals surface area contributed by atoms with E-state index in [9.17, 15) is 13.2 Å². The minimum absolute atomic E-state index is 0.0130. The molecule has 2 rings (SSSR count). The van der Waals surface area contributed by atoms with E-state index in [1.165, 1.54) is 6.07 Å². The highest BCUT2D eigenvalue weighted by Crippen LogP contribution is 2.34. The number of hydrogen-bond donors (Lipinski definition) is 1. The summed E-state index contributed by atoms with van der Waals surface area (Å²) in [6, 6.07) is 3.16. The molecule has 1 aliphatic heterocycles. The highest BCUT2D eigenvalue weighted by molar-refractivity contribution is 5.55. The van der Waals surface area contributed by atoms with Crippen molar-refractivity contribution >= 4 is 5.69 Å². The van der Waals surface area contributed by atoms with Crippen molar-refractivity contribution in [1.82, 2.24) is 4.90 Å². The molecule has 1 aromatic carbocycles. The van der Waals surface area contributed by atoms with Crippen LogP contribution in [0.2, 0.25) is 0 Å². The third kappa shape index (κ3) is 2.63. The molecule has 0 atom stereocenters. The Morgan fingerprint density at radius 1 is 1.35 bits per heavy atom. The van der Waals surface area contributed by atoms with E-state index in [2.05, 4.69) is 0 Å². The molecule has 0 spiro atoms. The largest absolute Gasteiger partial charge is 0.486 e. The van der Waals surface area contributed by atoms with Crippen LogP contribution in [-0.4, -0.2) is 31.1 Å². The number of ether oxygens (including phenoxy) is 1. The lowest BCUT2D eigenvalue weighted by Gasteiger charge is -2.36. The number of benzene rings is 1. The molecule has 94 valence electrons. The van der Waals surface area contributed by atoms with Gasteiger partial charge in [-0.05, 0) is 25.2 Å². The van der Waals surface area contributed by atoms with Gasteiger partial charge in [0.15, 0.2) is 0 Å². The summed E-state index contributed by atoms with van der Waals surface area (Å²) in [7, 11) is 1.94. The van der Waals surface area contributed by atoms with Gasteiger partial charge in [-0.15, -0.1) is 0 Å². The number of nitrogens with two attached hydrogens (primary N) is 1. The number of nitrogens with zero attached hydrogens (tertiary/aromatic N) is 1. The molecule has 0 unspecified atom stereocenters. The zero-order valence-corrected chi connectivity index (χ0v) is 9.29. The summed E-state index contributed by atoms with van der Waals surface area (Å²) in [4.78, 5) is 2.05. The van der Waals surface area contributed by atoms with Crippen LogP contribution in [0.5, 0.6) is 5.75 Å². The number of anilines is 1. The predicted molar refractivity (Wildman–Crippen MR) is 57.8 cm³/mol. The van der Waals surface area contributed by atoms with Gasteiger partial charge in [0.25, 0.3) is 0 Å². The first kappa shape index (κ1) is 12.0. The predicted octanol–water partition coefficient (Wildman–Crippen LogP) is 1.98. The smallest absolute Gasteiger partial charge is 0.416 e. The zero-order valence-electron chi connectivity index (χ0n) is 9.29. The van der Waals surface area contributed by atoms with Crippen LogP contribution in [0.25, 0.3) is 0 Å². The van der Waals surface area contributed by atoms with Gasteiger partial charge in [-0.2, -0.15) is 13.2 Å². The second-order valence-electron chi connectivity index (χ2n) is 4.21. The number of likely N-dealkylation sites (N-methyl/N-ethyl adjacent to an activating group) is 1. The minimum Gasteiger partial charge on any atom is -0.486 e. The van der Waals surface area contributed by atoms with Gasteiger partial charge in [0.2, 0.25) is 0 Å². The fourth-order valence-electron chi connectivity index (χ4n) is 1.73. The van der Waals surface area contributed by atoms with Crippen molar-refractivity contribution in [3.63, 3.8) is 0 Å². The molecule has 1 fully saturated rings. The summed E-state index contributed by atoms with van der Waals surface area (Å²) >= 11 is 0. The highest BCUT2D eigenvalue weighted by Gasteiger charge is 2.31. The van der Waals surface area contributed by atoms with Crippen LogP contribution in [0.4, 0.5) is 18.9 Å². The van der Waals surface area contributed by atoms with Gasteiger partial charge in [-0.25, -0.2) is 0 Å². The van der Waals surface area contributed by atoms with Gasteiger partial charge >= 0.3 is 6.18 Å². The Balaban J connectivity index is 2.09. The van der Waals surface area contributed by atoms with Gasteiger partial charge in [0, 0.05) is 13.1 Å². The van der Waals surface area contributed by atoms with E-state index < -0.39 is 11.7 Å². The van der Waals surface area contributed by atoms with E-state index in [4.69, 9.17) is 10.5 Å². The lowest BCUT2D eigenvalue weighted by Crippen LogP contribution is -2.51. The maximum Gasteiger partial charge on any atom is 0.416 e. The van der Waals surface area contributed by atoms with Crippen LogP contribution < -0.4 is 10.5 Å². The number of hydrogen-bond acceptors (Lipinski definition) is 3. The standard InChI is InChI=1S/C11H13F3N2O/c1-16-5-8(6-16)17-10-3-2-7(4-9(10)15)11(12,13)14/h2-4,8H,5-6,15H2,1H3. The molecule has 17 heavy (non-hydrogen) atoms. The van der Waals surface area contributed by atoms with E-state index in [0.717, 1.165) is 25.2 Å². The molecule has 0 saturated carbocycles. The second kappa shape index (κ2) is 4.10. The van der Waals surface area contributed by atoms with E-state index in [1.54, 1.807) is 0 Å². The molecule has 1 heterocycles. The molecule has 0 aliphatic carbocycles. The average Bonchev–Trinajstić information content (AvgIpc) is 2.16. The Kier molecular flexibility index (Phi) is 2.91. The molecule has 2 N–H and O–H groups in total. The van der Waals surface area contributed by atoms with Crippen molar-refractivity contribution < 1.29 is 17.9 Å². The molecular weight excluding hydrogens is 233 g/mol. The minimum atomic E-state index is -4.37. The van der Waals surface area contributed by atoms with Crippen molar-refractivity contribution in [2.75, 3.05) is 25.9 Å². The number of nitrogen functional groups attached to an aromatic ring is 1. The first-order chi connectivity index (χ1) is 7.86. The van der Waals surface area contributed by atoms with Crippen LogP contribution in [0, 0.1) is 0 Å². The third-order valence-electron chi connectivity index (χ3n) is 2.66. The van der Waals surface area contributed by atoms with Gasteiger partial charge in [0.1, 0.15) is 11.9 Å². The number of halogens is 3. The summed E-state index contributed by atoms with van der Waals surface area (Å²) in [6.45, 7) is 1.53. The molecule has 0 radical (unpaired) electrons. The molecule has 1 aromatic rings. The first-order valence-corrected chi connectivity index (χ1v) is 5.18. The number of rotatable bonds is 2. The van der Waals surface area contributed by atoms with Crippen LogP contribution in [0.1, 0.15) is 5.56 Å². The Hall–Kier alpha value is -1.43. The normalized spacial score (nSPS) is 17.9. The number of likely N-dealkylation sites (tertiary alicyclic amines) is 1. The molecule has 1 aliphatic rings. The topological polar surface area (TPSA) is 38.5 Å². The van der Waals surface area contributed by atoms with Gasteiger partial charge in [0.05, 0.1) is 11.3 Å². The van der Waals surface area contributed by atoms with Crippen molar-refractivity contribution in [3.8, 4) is 5.75 Å². The molecule has 3 nitrogen and oxygen atoms in total.